The van der Waals surface area contributed by atoms with Gasteiger partial charge in [-0.15, -0.1) is 0 Å². The van der Waals surface area contributed by atoms with Crippen molar-refractivity contribution in [3.8, 4) is 0 Å². The van der Waals surface area contributed by atoms with Gasteiger partial charge in [0.15, 0.2) is 0 Å². The normalized spacial score (nSPS) is 11.3. The van der Waals surface area contributed by atoms with Gasteiger partial charge in [0.25, 0.3) is 0 Å². The largest absolute Gasteiger partial charge is 0.299 e. The van der Waals surface area contributed by atoms with Crippen molar-refractivity contribution < 1.29 is 4.79 Å². The van der Waals surface area contributed by atoms with E-state index < -0.39 is 0 Å². The van der Waals surface area contributed by atoms with Crippen LogP contribution < -0.4 is 0 Å². The Bertz CT molecular complexity index is 298. The Kier molecular flexibility index (Phi) is 3.23. The zero-order valence-electron chi connectivity index (χ0n) is 6.75. The zero-order chi connectivity index (χ0) is 8.97. The molecule has 0 amide bonds. The highest BCUT2D eigenvalue weighted by molar-refractivity contribution is 9.10. The molecule has 0 atom stereocenters. The Balaban J connectivity index is 2.97. The summed E-state index contributed by atoms with van der Waals surface area (Å²) in [5, 5.41) is 0. The van der Waals surface area contributed by atoms with Gasteiger partial charge in [-0.05, 0) is 36.3 Å². The van der Waals surface area contributed by atoms with Crippen molar-refractivity contribution in [2.75, 3.05) is 0 Å². The van der Waals surface area contributed by atoms with Crippen LogP contribution in [0, 0.1) is 0 Å². The second-order valence-electron chi connectivity index (χ2n) is 2.49. The number of hydrogen-bond acceptors (Lipinski definition) is 1. The summed E-state index contributed by atoms with van der Waals surface area (Å²) in [5.41, 5.74) is 2.06. The van der Waals surface area contributed by atoms with Crippen LogP contribution in [-0.2, 0) is 4.79 Å². The molecule has 0 bridgehead atoms. The van der Waals surface area contributed by atoms with Crippen LogP contribution in [0.25, 0.3) is 5.57 Å². The number of benzene rings is 1. The molecule has 0 aromatic heterocycles. The first-order valence-electron chi connectivity index (χ1n) is 3.62. The van der Waals surface area contributed by atoms with Gasteiger partial charge in [-0.25, -0.2) is 0 Å². The van der Waals surface area contributed by atoms with Crippen molar-refractivity contribution in [3.05, 3.63) is 40.4 Å². The lowest BCUT2D eigenvalue weighted by molar-refractivity contribution is -0.104. The molecule has 62 valence electrons. The summed E-state index contributed by atoms with van der Waals surface area (Å²) in [6.07, 6.45) is 2.36. The van der Waals surface area contributed by atoms with Gasteiger partial charge in [-0.3, -0.25) is 4.79 Å². The lowest BCUT2D eigenvalue weighted by Crippen LogP contribution is -1.78. The van der Waals surface area contributed by atoms with Gasteiger partial charge >= 0.3 is 0 Å². The van der Waals surface area contributed by atoms with Crippen LogP contribution in [0.3, 0.4) is 0 Å². The minimum atomic E-state index is 0.803. The molecule has 0 aliphatic heterocycles. The van der Waals surface area contributed by atoms with Gasteiger partial charge in [-0.2, -0.15) is 0 Å². The van der Waals surface area contributed by atoms with E-state index in [2.05, 4.69) is 15.9 Å². The minimum absolute atomic E-state index is 0.803. The molecule has 0 heterocycles. The van der Waals surface area contributed by atoms with Gasteiger partial charge in [-0.1, -0.05) is 28.1 Å². The molecular formula is C10H9BrO. The summed E-state index contributed by atoms with van der Waals surface area (Å²) in [6.45, 7) is 1.91. The van der Waals surface area contributed by atoms with Crippen molar-refractivity contribution in [3.63, 3.8) is 0 Å². The minimum Gasteiger partial charge on any atom is -0.299 e. The summed E-state index contributed by atoms with van der Waals surface area (Å²) in [7, 11) is 0. The van der Waals surface area contributed by atoms with E-state index in [9.17, 15) is 4.79 Å². The van der Waals surface area contributed by atoms with E-state index in [4.69, 9.17) is 0 Å². The van der Waals surface area contributed by atoms with Gasteiger partial charge < -0.3 is 0 Å². The lowest BCUT2D eigenvalue weighted by atomic mass is 10.1. The number of aldehydes is 1. The quantitative estimate of drug-likeness (QED) is 0.558. The molecule has 0 radical (unpaired) electrons. The van der Waals surface area contributed by atoms with Crippen molar-refractivity contribution in [2.45, 2.75) is 6.92 Å². The maximum absolute atomic E-state index is 10.2. The van der Waals surface area contributed by atoms with E-state index >= 15 is 0 Å². The van der Waals surface area contributed by atoms with Gasteiger partial charge in [0.05, 0.1) is 0 Å². The molecule has 1 aromatic rings. The van der Waals surface area contributed by atoms with E-state index in [1.807, 2.05) is 31.2 Å². The second-order valence-corrected chi connectivity index (χ2v) is 3.41. The van der Waals surface area contributed by atoms with E-state index in [0.717, 1.165) is 21.9 Å². The molecule has 0 saturated heterocycles. The van der Waals surface area contributed by atoms with Gasteiger partial charge in [0, 0.05) is 4.47 Å². The van der Waals surface area contributed by atoms with Crippen LogP contribution in [0.4, 0.5) is 0 Å². The maximum atomic E-state index is 10.2. The Morgan fingerprint density at radius 1 is 1.33 bits per heavy atom. The predicted octanol–water partition coefficient (Wildman–Crippen LogP) is 3.05. The summed E-state index contributed by atoms with van der Waals surface area (Å²) < 4.78 is 1.05. The molecule has 0 saturated carbocycles. The highest BCUT2D eigenvalue weighted by Gasteiger charge is 1.93. The summed E-state index contributed by atoms with van der Waals surface area (Å²) in [6, 6.07) is 7.85. The summed E-state index contributed by atoms with van der Waals surface area (Å²) in [5.74, 6) is 0. The first-order chi connectivity index (χ1) is 5.74. The highest BCUT2D eigenvalue weighted by atomic mass is 79.9. The third kappa shape index (κ3) is 2.31. The number of allylic oxidation sites excluding steroid dienone is 2. The average molecular weight is 225 g/mol. The molecule has 0 aliphatic carbocycles. The summed E-state index contributed by atoms with van der Waals surface area (Å²) >= 11 is 3.34. The van der Waals surface area contributed by atoms with Crippen molar-refractivity contribution in [2.24, 2.45) is 0 Å². The first-order valence-corrected chi connectivity index (χ1v) is 4.41. The molecule has 1 aromatic carbocycles. The number of rotatable bonds is 2. The molecule has 0 aliphatic rings. The Labute approximate surface area is 80.2 Å². The Morgan fingerprint density at radius 3 is 2.42 bits per heavy atom. The van der Waals surface area contributed by atoms with Crippen LogP contribution >= 0.6 is 15.9 Å². The van der Waals surface area contributed by atoms with Crippen molar-refractivity contribution >= 4 is 27.8 Å². The molecule has 0 fully saturated rings. The first kappa shape index (κ1) is 9.20. The number of carbonyl (C=O) groups is 1. The monoisotopic (exact) mass is 224 g/mol. The Hall–Kier alpha value is -0.890. The van der Waals surface area contributed by atoms with E-state index in [0.29, 0.717) is 0 Å². The average Bonchev–Trinajstić information content (AvgIpc) is 2.06. The van der Waals surface area contributed by atoms with E-state index in [-0.39, 0.29) is 0 Å². The fraction of sp³-hybridized carbons (Fsp3) is 0.100. The molecule has 0 spiro atoms. The van der Waals surface area contributed by atoms with Crippen LogP contribution in [0.15, 0.2) is 34.8 Å². The molecule has 1 nitrogen and oxygen atoms in total. The highest BCUT2D eigenvalue weighted by Crippen LogP contribution is 2.16. The summed E-state index contributed by atoms with van der Waals surface area (Å²) in [4.78, 5) is 10.2. The lowest BCUT2D eigenvalue weighted by Gasteiger charge is -1.98. The standard InChI is InChI=1S/C10H9BrO/c1-8(6-7-12)9-2-4-10(11)5-3-9/h2-7H,1H3/b8-6-. The van der Waals surface area contributed by atoms with E-state index in [1.54, 1.807) is 6.08 Å². The number of carbonyl (C=O) groups excluding carboxylic acids is 1. The molecule has 2 heteroatoms. The maximum Gasteiger partial charge on any atom is 0.143 e. The third-order valence-electron chi connectivity index (χ3n) is 1.62. The molecular weight excluding hydrogens is 216 g/mol. The third-order valence-corrected chi connectivity index (χ3v) is 2.15. The van der Waals surface area contributed by atoms with Gasteiger partial charge in [0.1, 0.15) is 6.29 Å². The molecule has 0 unspecified atom stereocenters. The molecule has 0 N–H and O–H groups in total. The fourth-order valence-corrected chi connectivity index (χ4v) is 1.18. The smallest absolute Gasteiger partial charge is 0.143 e. The van der Waals surface area contributed by atoms with Crippen molar-refractivity contribution in [1.82, 2.24) is 0 Å². The fourth-order valence-electron chi connectivity index (χ4n) is 0.911. The number of hydrogen-bond donors (Lipinski definition) is 0. The number of halogens is 1. The van der Waals surface area contributed by atoms with E-state index in [1.165, 1.54) is 0 Å². The Morgan fingerprint density at radius 2 is 1.92 bits per heavy atom. The SMILES string of the molecule is C/C(=C/C=O)c1ccc(Br)cc1. The van der Waals surface area contributed by atoms with Crippen LogP contribution in [0.2, 0.25) is 0 Å². The topological polar surface area (TPSA) is 17.1 Å². The predicted molar refractivity (Wildman–Crippen MR) is 53.9 cm³/mol. The van der Waals surface area contributed by atoms with Crippen LogP contribution in [0.1, 0.15) is 12.5 Å². The van der Waals surface area contributed by atoms with Gasteiger partial charge in [0.2, 0.25) is 0 Å². The molecule has 12 heavy (non-hydrogen) atoms. The zero-order valence-corrected chi connectivity index (χ0v) is 8.34. The van der Waals surface area contributed by atoms with Crippen molar-refractivity contribution in [1.29, 1.82) is 0 Å². The molecule has 1 rings (SSSR count). The van der Waals surface area contributed by atoms with Crippen LogP contribution in [0.5, 0.6) is 0 Å². The second kappa shape index (κ2) is 4.21. The van der Waals surface area contributed by atoms with Crippen LogP contribution in [-0.4, -0.2) is 6.29 Å².